The van der Waals surface area contributed by atoms with E-state index in [1.165, 1.54) is 30.3 Å². The average Bonchev–Trinajstić information content (AvgIpc) is 2.75. The van der Waals surface area contributed by atoms with Gasteiger partial charge < -0.3 is 11.5 Å². The minimum absolute atomic E-state index is 0.0492. The van der Waals surface area contributed by atoms with Gasteiger partial charge in [0.15, 0.2) is 0 Å². The van der Waals surface area contributed by atoms with Gasteiger partial charge in [-0.2, -0.15) is 33.7 Å². The third-order valence-electron chi connectivity index (χ3n) is 5.01. The summed E-state index contributed by atoms with van der Waals surface area (Å²) in [7, 11) is -18.0. The summed E-state index contributed by atoms with van der Waals surface area (Å²) in [6.45, 7) is 0. The summed E-state index contributed by atoms with van der Waals surface area (Å²) in [6, 6.07) is 11.8. The van der Waals surface area contributed by atoms with Crippen LogP contribution in [0.2, 0.25) is 0 Å². The quantitative estimate of drug-likeness (QED) is 0.143. The number of hydrogen-bond donors (Lipinski definition) is 6. The Morgan fingerprint density at radius 2 is 1.08 bits per heavy atom. The molecule has 18 heteroatoms. The number of fused-ring (bicyclic) bond motifs is 2. The minimum atomic E-state index is -4.57. The number of nitrogens with two attached hydrogens (primary N) is 2. The van der Waals surface area contributed by atoms with Gasteiger partial charge in [0, 0.05) is 16.5 Å². The third-order valence-corrected chi connectivity index (χ3v) is 8.58. The van der Waals surface area contributed by atoms with E-state index in [1.54, 1.807) is 0 Å². The smallest absolute Gasteiger partial charge is 0.296 e. The number of anilines is 2. The van der Waals surface area contributed by atoms with Gasteiger partial charge in [-0.05, 0) is 53.2 Å². The third kappa shape index (κ3) is 6.37. The molecule has 0 aliphatic carbocycles. The van der Waals surface area contributed by atoms with E-state index in [2.05, 4.69) is 0 Å². The van der Waals surface area contributed by atoms with Crippen LogP contribution in [0.15, 0.2) is 80.2 Å². The fraction of sp³-hybridized carbons (Fsp3) is 0. The molecule has 0 saturated heterocycles. The van der Waals surface area contributed by atoms with Crippen molar-refractivity contribution in [1.82, 2.24) is 0 Å². The Morgan fingerprint density at radius 1 is 0.500 bits per heavy atom. The van der Waals surface area contributed by atoms with Crippen molar-refractivity contribution in [3.63, 3.8) is 0 Å². The normalized spacial score (nSPS) is 12.7. The van der Waals surface area contributed by atoms with E-state index in [4.69, 9.17) is 29.7 Å². The summed E-state index contributed by atoms with van der Waals surface area (Å²) in [4.78, 5) is -1.91. The second-order valence-corrected chi connectivity index (χ2v) is 13.3. The molecule has 0 bridgehead atoms. The summed E-state index contributed by atoms with van der Waals surface area (Å²) in [6.07, 6.45) is 0. The van der Waals surface area contributed by atoms with Gasteiger partial charge in [-0.3, -0.25) is 18.2 Å². The predicted molar refractivity (Wildman–Crippen MR) is 136 cm³/mol. The number of benzene rings is 4. The van der Waals surface area contributed by atoms with Crippen LogP contribution in [-0.2, 0) is 40.5 Å². The number of hydrogen-bond acceptors (Lipinski definition) is 10. The van der Waals surface area contributed by atoms with Crippen molar-refractivity contribution in [2.24, 2.45) is 0 Å². The van der Waals surface area contributed by atoms with Crippen molar-refractivity contribution in [3.05, 3.63) is 60.7 Å². The van der Waals surface area contributed by atoms with E-state index in [1.807, 2.05) is 0 Å². The lowest BCUT2D eigenvalue weighted by Gasteiger charge is -2.08. The highest BCUT2D eigenvalue weighted by atomic mass is 32.2. The lowest BCUT2D eigenvalue weighted by molar-refractivity contribution is 0.481. The maximum absolute atomic E-state index is 11.2. The monoisotopic (exact) mass is 606 g/mol. The molecule has 0 radical (unpaired) electrons. The molecule has 0 aliphatic heterocycles. The second-order valence-electron chi connectivity index (χ2n) is 7.67. The first-order valence-electron chi connectivity index (χ1n) is 9.75. The topological polar surface area (TPSA) is 270 Å². The molecular formula is C20H18N2O12S4. The Hall–Kier alpha value is -3.36. The molecule has 4 rings (SSSR count). The molecular weight excluding hydrogens is 588 g/mol. The number of rotatable bonds is 4. The summed E-state index contributed by atoms with van der Waals surface area (Å²) < 4.78 is 125. The first-order valence-corrected chi connectivity index (χ1v) is 15.5. The van der Waals surface area contributed by atoms with Crippen molar-refractivity contribution < 1.29 is 51.9 Å². The van der Waals surface area contributed by atoms with Gasteiger partial charge in [0.25, 0.3) is 40.5 Å². The van der Waals surface area contributed by atoms with E-state index in [0.29, 0.717) is 5.39 Å². The van der Waals surface area contributed by atoms with Crippen LogP contribution < -0.4 is 11.5 Å². The van der Waals surface area contributed by atoms with E-state index in [-0.39, 0.29) is 32.4 Å². The lowest BCUT2D eigenvalue weighted by atomic mass is 10.1. The zero-order valence-corrected chi connectivity index (χ0v) is 21.9. The van der Waals surface area contributed by atoms with Gasteiger partial charge in [-0.1, -0.05) is 18.2 Å². The van der Waals surface area contributed by atoms with E-state index in [9.17, 15) is 33.7 Å². The molecule has 0 saturated carbocycles. The molecule has 4 aromatic rings. The molecule has 14 nitrogen and oxygen atoms in total. The van der Waals surface area contributed by atoms with E-state index in [0.717, 1.165) is 30.3 Å². The first-order chi connectivity index (χ1) is 17.2. The standard InChI is InChI=1S/2C10H9NO6S2/c11-9-4-6-1-2-8(18(12,13)14)3-7(6)5-10(9)19(15,16)17;11-6-4-8-7(10(5-6)19(15,16)17)2-1-3-9(8)18(12,13)14/h2*1-5H,11H2,(H,12,13,14)(H,15,16,17). The Morgan fingerprint density at radius 3 is 1.61 bits per heavy atom. The van der Waals surface area contributed by atoms with Crippen molar-refractivity contribution in [2.45, 2.75) is 19.6 Å². The maximum Gasteiger partial charge on any atom is 0.296 e. The largest absolute Gasteiger partial charge is 0.399 e. The number of nitrogen functional groups attached to an aromatic ring is 2. The zero-order valence-electron chi connectivity index (χ0n) is 18.6. The molecule has 8 N–H and O–H groups in total. The maximum atomic E-state index is 11.2. The van der Waals surface area contributed by atoms with Crippen LogP contribution >= 0.6 is 0 Å². The fourth-order valence-electron chi connectivity index (χ4n) is 3.44. The van der Waals surface area contributed by atoms with Crippen molar-refractivity contribution in [1.29, 1.82) is 0 Å². The Labute approximate surface area is 216 Å². The van der Waals surface area contributed by atoms with Crippen molar-refractivity contribution in [2.75, 3.05) is 11.5 Å². The SMILES string of the molecule is Nc1cc(S(=O)(=O)O)c2cccc(S(=O)(=O)O)c2c1.Nc1cc2ccc(S(=O)(=O)O)cc2cc1S(=O)(=O)O. The molecule has 0 aromatic heterocycles. The molecule has 38 heavy (non-hydrogen) atoms. The van der Waals surface area contributed by atoms with Gasteiger partial charge in [-0.25, -0.2) is 0 Å². The molecule has 0 heterocycles. The summed E-state index contributed by atoms with van der Waals surface area (Å²) in [5.41, 5.74) is 10.8. The molecule has 204 valence electrons. The summed E-state index contributed by atoms with van der Waals surface area (Å²) in [5.74, 6) is 0. The van der Waals surface area contributed by atoms with Crippen LogP contribution in [0.5, 0.6) is 0 Å². The predicted octanol–water partition coefficient (Wildman–Crippen LogP) is 1.83. The van der Waals surface area contributed by atoms with E-state index >= 15 is 0 Å². The highest BCUT2D eigenvalue weighted by Gasteiger charge is 2.20. The molecule has 0 aliphatic rings. The molecule has 0 atom stereocenters. The van der Waals surface area contributed by atoms with Crippen LogP contribution in [0, 0.1) is 0 Å². The van der Waals surface area contributed by atoms with Gasteiger partial charge in [0.05, 0.1) is 10.6 Å². The summed E-state index contributed by atoms with van der Waals surface area (Å²) in [5, 5.41) is 0.540. The van der Waals surface area contributed by atoms with Crippen LogP contribution in [0.1, 0.15) is 0 Å². The summed E-state index contributed by atoms with van der Waals surface area (Å²) >= 11 is 0. The Bertz CT molecular complexity index is 2040. The van der Waals surface area contributed by atoms with Crippen molar-refractivity contribution in [3.8, 4) is 0 Å². The molecule has 0 spiro atoms. The Kier molecular flexibility index (Phi) is 7.49. The van der Waals surface area contributed by atoms with Crippen LogP contribution in [0.3, 0.4) is 0 Å². The van der Waals surface area contributed by atoms with Gasteiger partial charge in [0.1, 0.15) is 14.7 Å². The van der Waals surface area contributed by atoms with Gasteiger partial charge in [-0.15, -0.1) is 0 Å². The molecule has 0 fully saturated rings. The Balaban J connectivity index is 0.000000211. The van der Waals surface area contributed by atoms with Crippen LogP contribution in [0.25, 0.3) is 21.5 Å². The molecule has 4 aromatic carbocycles. The molecule has 0 unspecified atom stereocenters. The zero-order chi connectivity index (χ0) is 28.8. The average molecular weight is 607 g/mol. The van der Waals surface area contributed by atoms with Gasteiger partial charge >= 0.3 is 0 Å². The first kappa shape index (κ1) is 29.2. The highest BCUT2D eigenvalue weighted by Crippen LogP contribution is 2.31. The van der Waals surface area contributed by atoms with E-state index < -0.39 is 55.2 Å². The van der Waals surface area contributed by atoms with Crippen LogP contribution in [-0.4, -0.2) is 51.9 Å². The fourth-order valence-corrected chi connectivity index (χ4v) is 6.03. The lowest BCUT2D eigenvalue weighted by Crippen LogP contribution is -2.04. The van der Waals surface area contributed by atoms with Crippen molar-refractivity contribution >= 4 is 73.4 Å². The minimum Gasteiger partial charge on any atom is -0.399 e. The molecule has 0 amide bonds. The highest BCUT2D eigenvalue weighted by molar-refractivity contribution is 7.87. The second kappa shape index (κ2) is 9.75. The van der Waals surface area contributed by atoms with Crippen LogP contribution in [0.4, 0.5) is 11.4 Å². The van der Waals surface area contributed by atoms with Gasteiger partial charge in [0.2, 0.25) is 0 Å².